The van der Waals surface area contributed by atoms with Crippen LogP contribution in [0.15, 0.2) is 24.5 Å². The fourth-order valence-corrected chi connectivity index (χ4v) is 3.09. The van der Waals surface area contributed by atoms with Crippen LogP contribution in [0.2, 0.25) is 0 Å². The lowest BCUT2D eigenvalue weighted by molar-refractivity contribution is 0.107. The van der Waals surface area contributed by atoms with Gasteiger partial charge in [0.15, 0.2) is 0 Å². The molecule has 3 nitrogen and oxygen atoms in total. The third-order valence-corrected chi connectivity index (χ3v) is 4.41. The second-order valence-electron chi connectivity index (χ2n) is 6.02. The van der Waals surface area contributed by atoms with Crippen molar-refractivity contribution >= 4 is 0 Å². The van der Waals surface area contributed by atoms with Gasteiger partial charge in [0, 0.05) is 24.0 Å². The molecular weight excluding hydrogens is 234 g/mol. The van der Waals surface area contributed by atoms with Gasteiger partial charge >= 0.3 is 0 Å². The summed E-state index contributed by atoms with van der Waals surface area (Å²) in [4.78, 5) is 6.75. The Bertz CT molecular complexity index is 369. The molecule has 1 N–H and O–H groups in total. The van der Waals surface area contributed by atoms with Gasteiger partial charge in [-0.2, -0.15) is 0 Å². The lowest BCUT2D eigenvalue weighted by Gasteiger charge is -2.42. The zero-order valence-corrected chi connectivity index (χ0v) is 12.5. The van der Waals surface area contributed by atoms with Crippen LogP contribution in [-0.2, 0) is 6.42 Å². The van der Waals surface area contributed by atoms with Gasteiger partial charge in [0.1, 0.15) is 0 Å². The van der Waals surface area contributed by atoms with E-state index in [4.69, 9.17) is 0 Å². The van der Waals surface area contributed by atoms with Crippen molar-refractivity contribution in [1.82, 2.24) is 15.2 Å². The number of hydrogen-bond donors (Lipinski definition) is 1. The molecule has 1 aliphatic heterocycles. The number of nitrogens with zero attached hydrogens (tertiary/aromatic N) is 2. The van der Waals surface area contributed by atoms with Crippen LogP contribution in [0, 0.1) is 0 Å². The predicted octanol–water partition coefficient (Wildman–Crippen LogP) is 2.48. The van der Waals surface area contributed by atoms with Gasteiger partial charge in [0.05, 0.1) is 0 Å². The molecule has 1 unspecified atom stereocenters. The van der Waals surface area contributed by atoms with E-state index in [1.165, 1.54) is 31.5 Å². The van der Waals surface area contributed by atoms with Crippen LogP contribution < -0.4 is 5.32 Å². The summed E-state index contributed by atoms with van der Waals surface area (Å²) in [6, 6.07) is 4.74. The van der Waals surface area contributed by atoms with Crippen LogP contribution >= 0.6 is 0 Å². The van der Waals surface area contributed by atoms with E-state index in [0.29, 0.717) is 6.04 Å². The summed E-state index contributed by atoms with van der Waals surface area (Å²) in [5, 5.41) is 3.69. The molecule has 1 atom stereocenters. The topological polar surface area (TPSA) is 28.2 Å². The third kappa shape index (κ3) is 3.54. The molecule has 1 fully saturated rings. The second-order valence-corrected chi connectivity index (χ2v) is 6.02. The van der Waals surface area contributed by atoms with Crippen molar-refractivity contribution in [3.05, 3.63) is 30.1 Å². The number of hydrogen-bond acceptors (Lipinski definition) is 3. The van der Waals surface area contributed by atoms with Crippen molar-refractivity contribution in [1.29, 1.82) is 0 Å². The van der Waals surface area contributed by atoms with E-state index >= 15 is 0 Å². The average Bonchev–Trinajstić information content (AvgIpc) is 2.94. The summed E-state index contributed by atoms with van der Waals surface area (Å²) in [5.74, 6) is 0. The molecule has 0 spiro atoms. The van der Waals surface area contributed by atoms with Crippen molar-refractivity contribution in [2.45, 2.75) is 51.6 Å². The van der Waals surface area contributed by atoms with E-state index in [9.17, 15) is 0 Å². The van der Waals surface area contributed by atoms with E-state index in [0.717, 1.165) is 13.0 Å². The molecule has 3 heteroatoms. The van der Waals surface area contributed by atoms with Crippen molar-refractivity contribution in [2.75, 3.05) is 19.6 Å². The van der Waals surface area contributed by atoms with Crippen LogP contribution in [0.5, 0.6) is 0 Å². The first-order valence-electron chi connectivity index (χ1n) is 7.52. The molecule has 0 bridgehead atoms. The Balaban J connectivity index is 2.09. The zero-order valence-electron chi connectivity index (χ0n) is 12.5. The first-order valence-corrected chi connectivity index (χ1v) is 7.52. The normalized spacial score (nSPS) is 18.7. The Labute approximate surface area is 117 Å². The standard InChI is InChI=1S/C16H27N3/c1-4-18-15(13-14-7-9-17-10-8-14)16(2,3)19-11-5-6-12-19/h7-10,15,18H,4-6,11-13H2,1-3H3. The van der Waals surface area contributed by atoms with Gasteiger partial charge in [-0.1, -0.05) is 6.92 Å². The van der Waals surface area contributed by atoms with E-state index in [-0.39, 0.29) is 5.54 Å². The van der Waals surface area contributed by atoms with Crippen LogP contribution in [0.3, 0.4) is 0 Å². The minimum atomic E-state index is 0.204. The molecule has 1 aromatic heterocycles. The molecule has 1 saturated heterocycles. The summed E-state index contributed by atoms with van der Waals surface area (Å²) in [6.45, 7) is 10.5. The molecule has 2 rings (SSSR count). The smallest absolute Gasteiger partial charge is 0.0309 e. The first kappa shape index (κ1) is 14.5. The van der Waals surface area contributed by atoms with Gasteiger partial charge in [-0.15, -0.1) is 0 Å². The van der Waals surface area contributed by atoms with Crippen LogP contribution in [0.4, 0.5) is 0 Å². The number of rotatable bonds is 6. The molecule has 106 valence electrons. The summed E-state index contributed by atoms with van der Waals surface area (Å²) in [7, 11) is 0. The molecule has 0 amide bonds. The van der Waals surface area contributed by atoms with E-state index in [1.54, 1.807) is 0 Å². The van der Waals surface area contributed by atoms with Gasteiger partial charge in [-0.25, -0.2) is 0 Å². The highest BCUT2D eigenvalue weighted by Crippen LogP contribution is 2.26. The lowest BCUT2D eigenvalue weighted by atomic mass is 9.88. The van der Waals surface area contributed by atoms with Crippen molar-refractivity contribution in [3.63, 3.8) is 0 Å². The summed E-state index contributed by atoms with van der Waals surface area (Å²) in [5.41, 5.74) is 1.57. The third-order valence-electron chi connectivity index (χ3n) is 4.41. The maximum Gasteiger partial charge on any atom is 0.0309 e. The highest BCUT2D eigenvalue weighted by atomic mass is 15.2. The predicted molar refractivity (Wildman–Crippen MR) is 80.3 cm³/mol. The molecule has 19 heavy (non-hydrogen) atoms. The maximum atomic E-state index is 4.11. The van der Waals surface area contributed by atoms with Gasteiger partial charge in [-0.3, -0.25) is 9.88 Å². The van der Waals surface area contributed by atoms with E-state index in [2.05, 4.69) is 48.1 Å². The van der Waals surface area contributed by atoms with Crippen molar-refractivity contribution < 1.29 is 0 Å². The fraction of sp³-hybridized carbons (Fsp3) is 0.688. The summed E-state index contributed by atoms with van der Waals surface area (Å²) in [6.07, 6.45) is 7.54. The number of aromatic nitrogens is 1. The molecule has 0 aromatic carbocycles. The average molecular weight is 261 g/mol. The quantitative estimate of drug-likeness (QED) is 0.852. The number of nitrogens with one attached hydrogen (secondary N) is 1. The molecule has 0 radical (unpaired) electrons. The number of pyridine rings is 1. The minimum Gasteiger partial charge on any atom is -0.312 e. The molecule has 1 aliphatic rings. The molecule has 0 saturated carbocycles. The Hall–Kier alpha value is -0.930. The maximum absolute atomic E-state index is 4.11. The van der Waals surface area contributed by atoms with Gasteiger partial charge in [0.2, 0.25) is 0 Å². The molecule has 0 aliphatic carbocycles. The number of likely N-dealkylation sites (N-methyl/N-ethyl adjacent to an activating group) is 1. The van der Waals surface area contributed by atoms with Gasteiger partial charge < -0.3 is 5.32 Å². The molecule has 2 heterocycles. The lowest BCUT2D eigenvalue weighted by Crippen LogP contribution is -2.57. The second kappa shape index (κ2) is 6.49. The number of likely N-dealkylation sites (tertiary alicyclic amines) is 1. The Morgan fingerprint density at radius 3 is 2.47 bits per heavy atom. The molecule has 1 aromatic rings. The fourth-order valence-electron chi connectivity index (χ4n) is 3.09. The van der Waals surface area contributed by atoms with Crippen molar-refractivity contribution in [2.24, 2.45) is 0 Å². The van der Waals surface area contributed by atoms with E-state index in [1.807, 2.05) is 12.4 Å². The Kier molecular flexibility index (Phi) is 4.94. The zero-order chi connectivity index (χ0) is 13.7. The SMILES string of the molecule is CCNC(Cc1ccncc1)C(C)(C)N1CCCC1. The monoisotopic (exact) mass is 261 g/mol. The largest absolute Gasteiger partial charge is 0.312 e. The van der Waals surface area contributed by atoms with Crippen molar-refractivity contribution in [3.8, 4) is 0 Å². The Morgan fingerprint density at radius 2 is 1.89 bits per heavy atom. The Morgan fingerprint density at radius 1 is 1.26 bits per heavy atom. The summed E-state index contributed by atoms with van der Waals surface area (Å²) >= 11 is 0. The highest BCUT2D eigenvalue weighted by molar-refractivity contribution is 5.14. The minimum absolute atomic E-state index is 0.204. The molecular formula is C16H27N3. The van der Waals surface area contributed by atoms with Crippen LogP contribution in [-0.4, -0.2) is 41.1 Å². The first-order chi connectivity index (χ1) is 9.14. The van der Waals surface area contributed by atoms with E-state index < -0.39 is 0 Å². The van der Waals surface area contributed by atoms with Crippen LogP contribution in [0.1, 0.15) is 39.2 Å². The van der Waals surface area contributed by atoms with Gasteiger partial charge in [-0.05, 0) is 70.4 Å². The summed E-state index contributed by atoms with van der Waals surface area (Å²) < 4.78 is 0. The van der Waals surface area contributed by atoms with Crippen LogP contribution in [0.25, 0.3) is 0 Å². The van der Waals surface area contributed by atoms with Gasteiger partial charge in [0.25, 0.3) is 0 Å². The highest BCUT2D eigenvalue weighted by Gasteiger charge is 2.36.